The Bertz CT molecular complexity index is 306. The number of rotatable bonds is 8. The molecule has 0 spiro atoms. The molecule has 2 heteroatoms. The van der Waals surface area contributed by atoms with Crippen molar-refractivity contribution in [3.8, 4) is 0 Å². The van der Waals surface area contributed by atoms with Gasteiger partial charge in [-0.05, 0) is 54.1 Å². The minimum Gasteiger partial charge on any atom is -0.310 e. The van der Waals surface area contributed by atoms with E-state index in [0.717, 1.165) is 12.5 Å². The number of hydrogen-bond donors (Lipinski definition) is 1. The van der Waals surface area contributed by atoms with Crippen molar-refractivity contribution in [2.75, 3.05) is 6.54 Å². The first-order valence-electron chi connectivity index (χ1n) is 6.95. The van der Waals surface area contributed by atoms with Gasteiger partial charge in [0.2, 0.25) is 0 Å². The first-order valence-corrected chi connectivity index (χ1v) is 7.89. The summed E-state index contributed by atoms with van der Waals surface area (Å²) in [7, 11) is 0. The van der Waals surface area contributed by atoms with Gasteiger partial charge in [0.05, 0.1) is 0 Å². The zero-order chi connectivity index (χ0) is 12.7. The highest BCUT2D eigenvalue weighted by Gasteiger charge is 2.16. The van der Waals surface area contributed by atoms with Crippen LogP contribution in [0.3, 0.4) is 0 Å². The van der Waals surface area contributed by atoms with E-state index in [1.807, 2.05) is 11.3 Å². The van der Waals surface area contributed by atoms with Crippen LogP contribution in [0.4, 0.5) is 0 Å². The van der Waals surface area contributed by atoms with Gasteiger partial charge >= 0.3 is 0 Å². The zero-order valence-corrected chi connectivity index (χ0v) is 12.6. The minimum absolute atomic E-state index is 0.558. The van der Waals surface area contributed by atoms with Crippen LogP contribution in [0.2, 0.25) is 0 Å². The molecule has 0 aliphatic carbocycles. The van der Waals surface area contributed by atoms with Crippen molar-refractivity contribution in [1.29, 1.82) is 0 Å². The van der Waals surface area contributed by atoms with Crippen LogP contribution in [0.15, 0.2) is 10.8 Å². The van der Waals surface area contributed by atoms with E-state index < -0.39 is 0 Å². The zero-order valence-electron chi connectivity index (χ0n) is 11.8. The summed E-state index contributed by atoms with van der Waals surface area (Å²) in [6.07, 6.45) is 5.12. The van der Waals surface area contributed by atoms with Gasteiger partial charge in [-0.15, -0.1) is 0 Å². The number of hydrogen-bond acceptors (Lipinski definition) is 2. The third-order valence-electron chi connectivity index (χ3n) is 3.33. The van der Waals surface area contributed by atoms with Gasteiger partial charge in [-0.25, -0.2) is 0 Å². The SMILES string of the molecule is CCCNC(CC(C)CCC)c1cscc1C. The molecule has 17 heavy (non-hydrogen) atoms. The molecule has 0 aliphatic heterocycles. The van der Waals surface area contributed by atoms with Gasteiger partial charge in [0.25, 0.3) is 0 Å². The quantitative estimate of drug-likeness (QED) is 0.693. The fourth-order valence-corrected chi connectivity index (χ4v) is 3.28. The van der Waals surface area contributed by atoms with E-state index in [-0.39, 0.29) is 0 Å². The standard InChI is InChI=1S/C15H27NS/c1-5-7-12(3)9-15(16-8-6-2)14-11-17-10-13(14)4/h10-12,15-16H,5-9H2,1-4H3. The average molecular weight is 253 g/mol. The Morgan fingerprint density at radius 1 is 1.24 bits per heavy atom. The summed E-state index contributed by atoms with van der Waals surface area (Å²) < 4.78 is 0. The van der Waals surface area contributed by atoms with Crippen molar-refractivity contribution in [2.45, 2.75) is 59.4 Å². The molecule has 0 aliphatic rings. The lowest BCUT2D eigenvalue weighted by atomic mass is 9.92. The van der Waals surface area contributed by atoms with Crippen LogP contribution >= 0.6 is 11.3 Å². The first kappa shape index (κ1) is 14.7. The maximum Gasteiger partial charge on any atom is 0.0333 e. The Balaban J connectivity index is 2.63. The maximum atomic E-state index is 3.71. The van der Waals surface area contributed by atoms with E-state index in [1.54, 1.807) is 0 Å². The summed E-state index contributed by atoms with van der Waals surface area (Å²) in [5.74, 6) is 0.814. The van der Waals surface area contributed by atoms with E-state index >= 15 is 0 Å². The summed E-state index contributed by atoms with van der Waals surface area (Å²) in [6, 6.07) is 0.558. The molecule has 1 N–H and O–H groups in total. The lowest BCUT2D eigenvalue weighted by Gasteiger charge is -2.22. The lowest BCUT2D eigenvalue weighted by Crippen LogP contribution is -2.24. The smallest absolute Gasteiger partial charge is 0.0333 e. The Labute approximate surface area is 111 Å². The van der Waals surface area contributed by atoms with Crippen LogP contribution in [0, 0.1) is 12.8 Å². The van der Waals surface area contributed by atoms with E-state index in [2.05, 4.69) is 43.8 Å². The highest BCUT2D eigenvalue weighted by molar-refractivity contribution is 7.08. The lowest BCUT2D eigenvalue weighted by molar-refractivity contribution is 0.390. The molecule has 1 nitrogen and oxygen atoms in total. The fourth-order valence-electron chi connectivity index (χ4n) is 2.38. The molecule has 1 aromatic rings. The van der Waals surface area contributed by atoms with Crippen LogP contribution < -0.4 is 5.32 Å². The van der Waals surface area contributed by atoms with Gasteiger partial charge in [-0.3, -0.25) is 0 Å². The predicted octanol–water partition coefficient (Wildman–Crippen LogP) is 4.92. The van der Waals surface area contributed by atoms with Crippen molar-refractivity contribution in [2.24, 2.45) is 5.92 Å². The van der Waals surface area contributed by atoms with Crippen LogP contribution in [-0.4, -0.2) is 6.54 Å². The molecule has 1 aromatic heterocycles. The topological polar surface area (TPSA) is 12.0 Å². The Kier molecular flexibility index (Phi) is 6.83. The van der Waals surface area contributed by atoms with Crippen molar-refractivity contribution in [1.82, 2.24) is 5.32 Å². The van der Waals surface area contributed by atoms with Crippen LogP contribution in [0.25, 0.3) is 0 Å². The van der Waals surface area contributed by atoms with Crippen LogP contribution in [0.5, 0.6) is 0 Å². The summed E-state index contributed by atoms with van der Waals surface area (Å²) >= 11 is 1.83. The monoisotopic (exact) mass is 253 g/mol. The molecule has 0 saturated heterocycles. The van der Waals surface area contributed by atoms with Gasteiger partial charge in [0.15, 0.2) is 0 Å². The van der Waals surface area contributed by atoms with E-state index in [0.29, 0.717) is 6.04 Å². The molecule has 2 unspecified atom stereocenters. The Hall–Kier alpha value is -0.340. The minimum atomic E-state index is 0.558. The molecule has 0 bridgehead atoms. The van der Waals surface area contributed by atoms with Crippen LogP contribution in [-0.2, 0) is 0 Å². The van der Waals surface area contributed by atoms with E-state index in [4.69, 9.17) is 0 Å². The highest BCUT2D eigenvalue weighted by Crippen LogP contribution is 2.28. The second-order valence-corrected chi connectivity index (χ2v) is 5.89. The largest absolute Gasteiger partial charge is 0.310 e. The molecule has 0 saturated carbocycles. The number of aryl methyl sites for hydroxylation is 1. The summed E-state index contributed by atoms with van der Waals surface area (Å²) in [5.41, 5.74) is 2.97. The van der Waals surface area contributed by atoms with Crippen molar-refractivity contribution < 1.29 is 0 Å². The molecule has 0 fully saturated rings. The Morgan fingerprint density at radius 3 is 2.53 bits per heavy atom. The maximum absolute atomic E-state index is 3.71. The van der Waals surface area contributed by atoms with E-state index in [9.17, 15) is 0 Å². The number of thiophene rings is 1. The second-order valence-electron chi connectivity index (χ2n) is 5.15. The molecule has 1 heterocycles. The molecule has 2 atom stereocenters. The molecule has 1 rings (SSSR count). The van der Waals surface area contributed by atoms with Gasteiger partial charge in [-0.1, -0.05) is 33.6 Å². The van der Waals surface area contributed by atoms with Crippen molar-refractivity contribution in [3.05, 3.63) is 21.9 Å². The van der Waals surface area contributed by atoms with Gasteiger partial charge in [0.1, 0.15) is 0 Å². The summed E-state index contributed by atoms with van der Waals surface area (Å²) in [4.78, 5) is 0. The van der Waals surface area contributed by atoms with Crippen LogP contribution in [0.1, 0.15) is 63.6 Å². The first-order chi connectivity index (χ1) is 8.19. The molecular weight excluding hydrogens is 226 g/mol. The van der Waals surface area contributed by atoms with Crippen molar-refractivity contribution >= 4 is 11.3 Å². The van der Waals surface area contributed by atoms with E-state index in [1.165, 1.54) is 36.8 Å². The van der Waals surface area contributed by atoms with Gasteiger partial charge in [-0.2, -0.15) is 11.3 Å². The highest BCUT2D eigenvalue weighted by atomic mass is 32.1. The predicted molar refractivity (Wildman–Crippen MR) is 78.8 cm³/mol. The average Bonchev–Trinajstić information content (AvgIpc) is 2.71. The Morgan fingerprint density at radius 2 is 2.00 bits per heavy atom. The van der Waals surface area contributed by atoms with Crippen molar-refractivity contribution in [3.63, 3.8) is 0 Å². The molecule has 0 aromatic carbocycles. The van der Waals surface area contributed by atoms with Gasteiger partial charge < -0.3 is 5.32 Å². The molecular formula is C15H27NS. The molecule has 0 amide bonds. The van der Waals surface area contributed by atoms with Gasteiger partial charge in [0, 0.05) is 6.04 Å². The fraction of sp³-hybridized carbons (Fsp3) is 0.733. The second kappa shape index (κ2) is 7.88. The third-order valence-corrected chi connectivity index (χ3v) is 4.21. The molecule has 0 radical (unpaired) electrons. The summed E-state index contributed by atoms with van der Waals surface area (Å²) in [6.45, 7) is 10.3. The number of nitrogens with one attached hydrogen (secondary N) is 1. The third kappa shape index (κ3) is 4.81. The summed E-state index contributed by atoms with van der Waals surface area (Å²) in [5, 5.41) is 8.29. The molecule has 98 valence electrons. The normalized spacial score (nSPS) is 14.8.